The normalized spacial score (nSPS) is 11.0. The third kappa shape index (κ3) is 4.92. The molecule has 0 aliphatic rings. The second-order valence-corrected chi connectivity index (χ2v) is 8.77. The number of aromatic nitrogens is 1. The zero-order chi connectivity index (χ0) is 21.6. The predicted molar refractivity (Wildman–Crippen MR) is 120 cm³/mol. The second kappa shape index (κ2) is 9.64. The molecule has 9 heteroatoms. The molecule has 30 heavy (non-hydrogen) atoms. The first kappa shape index (κ1) is 21.7. The molecule has 7 nitrogen and oxygen atoms in total. The first-order valence-electron chi connectivity index (χ1n) is 8.84. The molecule has 0 atom stereocenters. The van der Waals surface area contributed by atoms with E-state index in [2.05, 4.69) is 21.4 Å². The number of thioether (sulfide) groups is 1. The monoisotopic (exact) mass is 443 g/mol. The Hall–Kier alpha value is -3.04. The van der Waals surface area contributed by atoms with Crippen molar-refractivity contribution in [3.63, 3.8) is 0 Å². The number of hydrogen-bond donors (Lipinski definition) is 1. The molecule has 0 bridgehead atoms. The third-order valence-electron chi connectivity index (χ3n) is 4.24. The SMILES string of the molecule is C=Nc1ccncc1SCc1ccccc1NS(=O)(=O)c1ccc(OC)c(OC)c1. The van der Waals surface area contributed by atoms with Gasteiger partial charge in [-0.15, -0.1) is 11.8 Å². The number of methoxy groups -OCH3 is 2. The topological polar surface area (TPSA) is 89.9 Å². The molecule has 0 unspecified atom stereocenters. The molecule has 0 saturated heterocycles. The van der Waals surface area contributed by atoms with E-state index in [0.717, 1.165) is 16.1 Å². The summed E-state index contributed by atoms with van der Waals surface area (Å²) >= 11 is 1.50. The van der Waals surface area contributed by atoms with Crippen LogP contribution in [0.1, 0.15) is 5.56 Å². The minimum atomic E-state index is -3.82. The van der Waals surface area contributed by atoms with Crippen LogP contribution >= 0.6 is 11.8 Å². The molecule has 0 saturated carbocycles. The summed E-state index contributed by atoms with van der Waals surface area (Å²) in [5.74, 6) is 1.32. The first-order chi connectivity index (χ1) is 14.5. The number of para-hydroxylation sites is 1. The van der Waals surface area contributed by atoms with Gasteiger partial charge in [-0.25, -0.2) is 8.42 Å². The molecule has 0 fully saturated rings. The fourth-order valence-corrected chi connectivity index (χ4v) is 4.80. The van der Waals surface area contributed by atoms with E-state index in [1.807, 2.05) is 12.1 Å². The Labute approximate surface area is 180 Å². The minimum Gasteiger partial charge on any atom is -0.493 e. The highest BCUT2D eigenvalue weighted by Gasteiger charge is 2.18. The van der Waals surface area contributed by atoms with Gasteiger partial charge in [-0.05, 0) is 36.5 Å². The summed E-state index contributed by atoms with van der Waals surface area (Å²) in [6.07, 6.45) is 3.37. The van der Waals surface area contributed by atoms with Crippen molar-refractivity contribution in [1.82, 2.24) is 4.98 Å². The van der Waals surface area contributed by atoms with Crippen LogP contribution in [0.5, 0.6) is 11.5 Å². The molecular weight excluding hydrogens is 422 g/mol. The highest BCUT2D eigenvalue weighted by molar-refractivity contribution is 7.98. The van der Waals surface area contributed by atoms with Crippen LogP contribution in [0.15, 0.2) is 75.7 Å². The largest absolute Gasteiger partial charge is 0.493 e. The average Bonchev–Trinajstić information content (AvgIpc) is 2.77. The summed E-state index contributed by atoms with van der Waals surface area (Å²) in [6.45, 7) is 3.57. The fourth-order valence-electron chi connectivity index (χ4n) is 2.70. The third-order valence-corrected chi connectivity index (χ3v) is 6.69. The highest BCUT2D eigenvalue weighted by atomic mass is 32.2. The van der Waals surface area contributed by atoms with E-state index in [1.54, 1.807) is 36.7 Å². The van der Waals surface area contributed by atoms with Gasteiger partial charge >= 0.3 is 0 Å². The molecule has 0 aliphatic carbocycles. The molecule has 156 valence electrons. The van der Waals surface area contributed by atoms with Gasteiger partial charge in [0.05, 0.1) is 35.4 Å². The van der Waals surface area contributed by atoms with Crippen LogP contribution in [-0.4, -0.2) is 34.3 Å². The maximum Gasteiger partial charge on any atom is 0.262 e. The van der Waals surface area contributed by atoms with E-state index in [0.29, 0.717) is 22.9 Å². The smallest absolute Gasteiger partial charge is 0.262 e. The van der Waals surface area contributed by atoms with E-state index < -0.39 is 10.0 Å². The Morgan fingerprint density at radius 1 is 1.10 bits per heavy atom. The second-order valence-electron chi connectivity index (χ2n) is 6.07. The van der Waals surface area contributed by atoms with Crippen LogP contribution in [0.25, 0.3) is 0 Å². The number of hydrogen-bond acceptors (Lipinski definition) is 7. The number of rotatable bonds is 9. The van der Waals surface area contributed by atoms with Gasteiger partial charge < -0.3 is 9.47 Å². The van der Waals surface area contributed by atoms with Crippen LogP contribution in [0.3, 0.4) is 0 Å². The summed E-state index contributed by atoms with van der Waals surface area (Å²) in [5.41, 5.74) is 2.06. The minimum absolute atomic E-state index is 0.0769. The van der Waals surface area contributed by atoms with E-state index in [-0.39, 0.29) is 4.90 Å². The van der Waals surface area contributed by atoms with Crippen molar-refractivity contribution in [2.45, 2.75) is 15.5 Å². The van der Waals surface area contributed by atoms with Crippen LogP contribution in [0, 0.1) is 0 Å². The van der Waals surface area contributed by atoms with Crippen molar-refractivity contribution in [1.29, 1.82) is 0 Å². The standard InChI is InChI=1S/C21H21N3O4S2/c1-22-18-10-11-23-13-21(18)29-14-15-6-4-5-7-17(15)24-30(25,26)16-8-9-19(27-2)20(12-16)28-3/h4-13,24H,1,14H2,2-3H3. The predicted octanol–water partition coefficient (Wildman–Crippen LogP) is 4.52. The first-order valence-corrected chi connectivity index (χ1v) is 11.3. The summed E-state index contributed by atoms with van der Waals surface area (Å²) in [6, 6.07) is 13.5. The lowest BCUT2D eigenvalue weighted by molar-refractivity contribution is 0.354. The molecule has 0 spiro atoms. The molecular formula is C21H21N3O4S2. The quantitative estimate of drug-likeness (QED) is 0.386. The number of pyridine rings is 1. The van der Waals surface area contributed by atoms with Crippen molar-refractivity contribution >= 4 is 39.9 Å². The molecule has 1 N–H and O–H groups in total. The molecule has 3 aromatic rings. The Morgan fingerprint density at radius 2 is 1.87 bits per heavy atom. The van der Waals surface area contributed by atoms with E-state index in [4.69, 9.17) is 9.47 Å². The van der Waals surface area contributed by atoms with E-state index in [1.165, 1.54) is 38.1 Å². The number of ether oxygens (including phenoxy) is 2. The van der Waals surface area contributed by atoms with Crippen LogP contribution in [-0.2, 0) is 15.8 Å². The van der Waals surface area contributed by atoms with Crippen molar-refractivity contribution < 1.29 is 17.9 Å². The average molecular weight is 444 g/mol. The molecule has 0 aliphatic heterocycles. The number of nitrogens with one attached hydrogen (secondary N) is 1. The van der Waals surface area contributed by atoms with Crippen LogP contribution in [0.2, 0.25) is 0 Å². The lowest BCUT2D eigenvalue weighted by atomic mass is 10.2. The molecule has 0 radical (unpaired) electrons. The van der Waals surface area contributed by atoms with Gasteiger partial charge in [-0.3, -0.25) is 14.7 Å². The highest BCUT2D eigenvalue weighted by Crippen LogP contribution is 2.34. The summed E-state index contributed by atoms with van der Waals surface area (Å²) < 4.78 is 39.0. The molecule has 2 aromatic carbocycles. The zero-order valence-corrected chi connectivity index (χ0v) is 18.2. The fraction of sp³-hybridized carbons (Fsp3) is 0.143. The van der Waals surface area contributed by atoms with Gasteiger partial charge in [0.25, 0.3) is 10.0 Å². The van der Waals surface area contributed by atoms with E-state index >= 15 is 0 Å². The Bertz CT molecular complexity index is 1150. The number of anilines is 1. The van der Waals surface area contributed by atoms with Gasteiger partial charge in [0.2, 0.25) is 0 Å². The molecule has 1 heterocycles. The summed E-state index contributed by atoms with van der Waals surface area (Å²) in [4.78, 5) is 9.05. The number of aliphatic imine (C=N–C) groups is 1. The Balaban J connectivity index is 1.84. The van der Waals surface area contributed by atoms with Gasteiger partial charge in [0.1, 0.15) is 0 Å². The van der Waals surface area contributed by atoms with Gasteiger partial charge in [0, 0.05) is 24.2 Å². The Kier molecular flexibility index (Phi) is 6.96. The number of benzene rings is 2. The van der Waals surface area contributed by atoms with Crippen LogP contribution < -0.4 is 14.2 Å². The molecule has 3 rings (SSSR count). The number of nitrogens with zero attached hydrogens (tertiary/aromatic N) is 2. The maximum absolute atomic E-state index is 12.9. The van der Waals surface area contributed by atoms with Gasteiger partial charge in [0.15, 0.2) is 11.5 Å². The van der Waals surface area contributed by atoms with Crippen LogP contribution in [0.4, 0.5) is 11.4 Å². The van der Waals surface area contributed by atoms with Crippen molar-refractivity contribution in [2.75, 3.05) is 18.9 Å². The van der Waals surface area contributed by atoms with E-state index in [9.17, 15) is 8.42 Å². The lowest BCUT2D eigenvalue weighted by Crippen LogP contribution is -2.14. The van der Waals surface area contributed by atoms with Gasteiger partial charge in [-0.1, -0.05) is 18.2 Å². The van der Waals surface area contributed by atoms with Crippen molar-refractivity contribution in [3.8, 4) is 11.5 Å². The molecule has 1 aromatic heterocycles. The molecule has 0 amide bonds. The van der Waals surface area contributed by atoms with Crippen molar-refractivity contribution in [2.24, 2.45) is 4.99 Å². The summed E-state index contributed by atoms with van der Waals surface area (Å²) in [5, 5.41) is 0. The Morgan fingerprint density at radius 3 is 2.60 bits per heavy atom. The number of sulfonamides is 1. The van der Waals surface area contributed by atoms with Crippen molar-refractivity contribution in [3.05, 3.63) is 66.5 Å². The maximum atomic E-state index is 12.9. The zero-order valence-electron chi connectivity index (χ0n) is 16.5. The lowest BCUT2D eigenvalue weighted by Gasteiger charge is -2.14. The summed E-state index contributed by atoms with van der Waals surface area (Å²) in [7, 11) is -0.874. The van der Waals surface area contributed by atoms with Gasteiger partial charge in [-0.2, -0.15) is 0 Å².